The Morgan fingerprint density at radius 1 is 1.04 bits per heavy atom. The Bertz CT molecular complexity index is 849. The maximum absolute atomic E-state index is 5.86. The largest absolute Gasteiger partial charge is 0.381 e. The van der Waals surface area contributed by atoms with Crippen molar-refractivity contribution in [1.29, 1.82) is 0 Å². The van der Waals surface area contributed by atoms with Crippen LogP contribution in [0.1, 0.15) is 12.8 Å². The molecule has 0 amide bonds. The van der Waals surface area contributed by atoms with Crippen molar-refractivity contribution in [1.82, 2.24) is 19.9 Å². The molecular weight excluding hydrogens is 326 g/mol. The Kier molecular flexibility index (Phi) is 4.23. The molecule has 0 aromatic carbocycles. The SMILES string of the molecule is Clc1ccc(-c2ccc3ncnc(NC4CCOCC4)c3n2)cn1. The minimum Gasteiger partial charge on any atom is -0.381 e. The molecule has 0 bridgehead atoms. The van der Waals surface area contributed by atoms with Crippen LogP contribution < -0.4 is 5.32 Å². The molecule has 24 heavy (non-hydrogen) atoms. The van der Waals surface area contributed by atoms with E-state index in [1.165, 1.54) is 0 Å². The van der Waals surface area contributed by atoms with Crippen LogP contribution in [0.3, 0.4) is 0 Å². The summed E-state index contributed by atoms with van der Waals surface area (Å²) in [5.74, 6) is 0.760. The summed E-state index contributed by atoms with van der Waals surface area (Å²) < 4.78 is 5.41. The van der Waals surface area contributed by atoms with E-state index in [0.29, 0.717) is 11.2 Å². The lowest BCUT2D eigenvalue weighted by Crippen LogP contribution is -2.28. The number of nitrogens with one attached hydrogen (secondary N) is 1. The van der Waals surface area contributed by atoms with Gasteiger partial charge in [0.2, 0.25) is 0 Å². The van der Waals surface area contributed by atoms with E-state index in [-0.39, 0.29) is 0 Å². The number of hydrogen-bond acceptors (Lipinski definition) is 6. The zero-order valence-electron chi connectivity index (χ0n) is 12.9. The smallest absolute Gasteiger partial charge is 0.156 e. The summed E-state index contributed by atoms with van der Waals surface area (Å²) >= 11 is 5.86. The minimum atomic E-state index is 0.347. The van der Waals surface area contributed by atoms with Crippen LogP contribution in [0.25, 0.3) is 22.3 Å². The Labute approximate surface area is 144 Å². The second-order valence-corrected chi connectivity index (χ2v) is 6.07. The van der Waals surface area contributed by atoms with Gasteiger partial charge in [-0.2, -0.15) is 0 Å². The predicted molar refractivity (Wildman–Crippen MR) is 93.0 cm³/mol. The quantitative estimate of drug-likeness (QED) is 0.737. The summed E-state index contributed by atoms with van der Waals surface area (Å²) in [4.78, 5) is 17.6. The zero-order valence-corrected chi connectivity index (χ0v) is 13.7. The van der Waals surface area contributed by atoms with Crippen LogP contribution in [-0.2, 0) is 4.74 Å². The number of halogens is 1. The van der Waals surface area contributed by atoms with E-state index in [4.69, 9.17) is 21.3 Å². The monoisotopic (exact) mass is 341 g/mol. The second-order valence-electron chi connectivity index (χ2n) is 5.69. The van der Waals surface area contributed by atoms with Crippen LogP contribution in [0.4, 0.5) is 5.82 Å². The molecule has 0 aliphatic carbocycles. The van der Waals surface area contributed by atoms with Gasteiger partial charge in [-0.3, -0.25) is 0 Å². The van der Waals surface area contributed by atoms with Gasteiger partial charge in [0, 0.05) is 31.0 Å². The van der Waals surface area contributed by atoms with E-state index in [0.717, 1.165) is 54.2 Å². The molecule has 1 saturated heterocycles. The van der Waals surface area contributed by atoms with E-state index in [1.807, 2.05) is 18.2 Å². The van der Waals surface area contributed by atoms with Crippen molar-refractivity contribution in [3.05, 3.63) is 41.9 Å². The third-order valence-electron chi connectivity index (χ3n) is 4.07. The average molecular weight is 342 g/mol. The number of rotatable bonds is 3. The highest BCUT2D eigenvalue weighted by Gasteiger charge is 2.16. The summed E-state index contributed by atoms with van der Waals surface area (Å²) in [5.41, 5.74) is 3.29. The molecule has 1 aliphatic heterocycles. The number of pyridine rings is 2. The summed E-state index contributed by atoms with van der Waals surface area (Å²) in [6.45, 7) is 1.55. The molecule has 1 N–H and O–H groups in total. The van der Waals surface area contributed by atoms with Crippen molar-refractivity contribution in [2.75, 3.05) is 18.5 Å². The van der Waals surface area contributed by atoms with Crippen molar-refractivity contribution in [3.63, 3.8) is 0 Å². The lowest BCUT2D eigenvalue weighted by molar-refractivity contribution is 0.0904. The minimum absolute atomic E-state index is 0.347. The molecule has 0 spiro atoms. The average Bonchev–Trinajstić information content (AvgIpc) is 2.63. The first-order valence-corrected chi connectivity index (χ1v) is 8.25. The fourth-order valence-corrected chi connectivity index (χ4v) is 2.88. The van der Waals surface area contributed by atoms with Gasteiger partial charge in [-0.05, 0) is 37.1 Å². The number of ether oxygens (including phenoxy) is 1. The van der Waals surface area contributed by atoms with Gasteiger partial charge in [0.15, 0.2) is 5.82 Å². The zero-order chi connectivity index (χ0) is 16.4. The van der Waals surface area contributed by atoms with Crippen molar-refractivity contribution >= 4 is 28.5 Å². The molecule has 122 valence electrons. The molecule has 1 aliphatic rings. The van der Waals surface area contributed by atoms with Gasteiger partial charge in [-0.1, -0.05) is 11.6 Å². The highest BCUT2D eigenvalue weighted by atomic mass is 35.5. The Hall–Kier alpha value is -2.31. The summed E-state index contributed by atoms with van der Waals surface area (Å²) in [6.07, 6.45) is 5.21. The predicted octanol–water partition coefficient (Wildman–Crippen LogP) is 3.33. The molecule has 4 rings (SSSR count). The van der Waals surface area contributed by atoms with Crippen LogP contribution in [0.5, 0.6) is 0 Å². The lowest BCUT2D eigenvalue weighted by atomic mass is 10.1. The van der Waals surface area contributed by atoms with Crippen LogP contribution in [0.2, 0.25) is 5.15 Å². The first-order chi connectivity index (χ1) is 11.8. The topological polar surface area (TPSA) is 72.8 Å². The van der Waals surface area contributed by atoms with Crippen molar-refractivity contribution in [2.24, 2.45) is 0 Å². The standard InChI is InChI=1S/C17H16ClN5O/c18-15-4-1-11(9-19-15)13-2-3-14-16(23-13)17(21-10-20-14)22-12-5-7-24-8-6-12/h1-4,9-10,12H,5-8H2,(H,20,21,22). The van der Waals surface area contributed by atoms with Crippen molar-refractivity contribution < 1.29 is 4.74 Å². The normalized spacial score (nSPS) is 15.5. The number of nitrogens with zero attached hydrogens (tertiary/aromatic N) is 4. The van der Waals surface area contributed by atoms with Gasteiger partial charge in [0.05, 0.1) is 11.2 Å². The van der Waals surface area contributed by atoms with Gasteiger partial charge < -0.3 is 10.1 Å². The maximum atomic E-state index is 5.86. The molecule has 4 heterocycles. The second kappa shape index (κ2) is 6.67. The van der Waals surface area contributed by atoms with Gasteiger partial charge in [0.25, 0.3) is 0 Å². The van der Waals surface area contributed by atoms with Crippen LogP contribution in [0, 0.1) is 0 Å². The molecule has 1 fully saturated rings. The molecule has 0 saturated carbocycles. The number of aromatic nitrogens is 4. The van der Waals surface area contributed by atoms with E-state index >= 15 is 0 Å². The third-order valence-corrected chi connectivity index (χ3v) is 4.29. The fraction of sp³-hybridized carbons (Fsp3) is 0.294. The molecular formula is C17H16ClN5O. The number of anilines is 1. The Balaban J connectivity index is 1.71. The van der Waals surface area contributed by atoms with E-state index in [1.54, 1.807) is 18.6 Å². The van der Waals surface area contributed by atoms with Crippen molar-refractivity contribution in [2.45, 2.75) is 18.9 Å². The molecule has 0 atom stereocenters. The molecule has 7 heteroatoms. The van der Waals surface area contributed by atoms with E-state index in [2.05, 4.69) is 20.3 Å². The molecule has 3 aromatic rings. The van der Waals surface area contributed by atoms with E-state index < -0.39 is 0 Å². The first-order valence-electron chi connectivity index (χ1n) is 7.87. The van der Waals surface area contributed by atoms with Gasteiger partial charge in [0.1, 0.15) is 17.0 Å². The highest BCUT2D eigenvalue weighted by Crippen LogP contribution is 2.24. The molecule has 0 unspecified atom stereocenters. The third kappa shape index (κ3) is 3.16. The number of fused-ring (bicyclic) bond motifs is 1. The molecule has 6 nitrogen and oxygen atoms in total. The fourth-order valence-electron chi connectivity index (χ4n) is 2.77. The maximum Gasteiger partial charge on any atom is 0.156 e. The number of hydrogen-bond donors (Lipinski definition) is 1. The van der Waals surface area contributed by atoms with E-state index in [9.17, 15) is 0 Å². The first kappa shape index (κ1) is 15.2. The Morgan fingerprint density at radius 3 is 2.71 bits per heavy atom. The summed E-state index contributed by atoms with van der Waals surface area (Å²) in [6, 6.07) is 7.88. The lowest BCUT2D eigenvalue weighted by Gasteiger charge is -2.23. The molecule has 0 radical (unpaired) electrons. The highest BCUT2D eigenvalue weighted by molar-refractivity contribution is 6.29. The van der Waals surface area contributed by atoms with Crippen LogP contribution in [-0.4, -0.2) is 39.2 Å². The molecule has 3 aromatic heterocycles. The summed E-state index contributed by atoms with van der Waals surface area (Å²) in [5, 5.41) is 3.94. The van der Waals surface area contributed by atoms with Crippen LogP contribution in [0.15, 0.2) is 36.8 Å². The van der Waals surface area contributed by atoms with Crippen LogP contribution >= 0.6 is 11.6 Å². The Morgan fingerprint density at radius 2 is 1.92 bits per heavy atom. The van der Waals surface area contributed by atoms with Crippen molar-refractivity contribution in [3.8, 4) is 11.3 Å². The summed E-state index contributed by atoms with van der Waals surface area (Å²) in [7, 11) is 0. The van der Waals surface area contributed by atoms with Gasteiger partial charge in [-0.25, -0.2) is 19.9 Å². The van der Waals surface area contributed by atoms with Gasteiger partial charge in [-0.15, -0.1) is 0 Å². The van der Waals surface area contributed by atoms with Gasteiger partial charge >= 0.3 is 0 Å².